The van der Waals surface area contributed by atoms with Gasteiger partial charge in [-0.05, 0) is 173 Å². The quantitative estimate of drug-likeness (QED) is 0.0205. The maximum Gasteiger partial charge on any atom is 1.00 e. The van der Waals surface area contributed by atoms with E-state index in [0.29, 0.717) is 0 Å². The minimum atomic E-state index is -0.639. The van der Waals surface area contributed by atoms with E-state index in [1.165, 1.54) is 154 Å². The smallest absolute Gasteiger partial charge is 0.793 e. The number of fused-ring (bicyclic) bond motifs is 3. The number of H-pyrrole nitrogens is 2. The third-order valence-electron chi connectivity index (χ3n) is 17.0. The number of benzene rings is 6. The van der Waals surface area contributed by atoms with Crippen molar-refractivity contribution in [2.45, 2.75) is 72.5 Å². The van der Waals surface area contributed by atoms with Crippen molar-refractivity contribution in [3.8, 4) is 0 Å². The summed E-state index contributed by atoms with van der Waals surface area (Å²) in [5.74, 6) is -0.969. The number of aromatic nitrogens is 3. The molecule has 539 valence electrons. The van der Waals surface area contributed by atoms with Crippen LogP contribution in [0, 0.1) is 0 Å². The van der Waals surface area contributed by atoms with Gasteiger partial charge in [0.25, 0.3) is 0 Å². The molecule has 3 aliphatic rings. The molecule has 101 heavy (non-hydrogen) atoms. The first kappa shape index (κ1) is 86.8. The Morgan fingerprint density at radius 1 is 0.485 bits per heavy atom. The van der Waals surface area contributed by atoms with Crippen molar-refractivity contribution in [3.05, 3.63) is 216 Å². The fourth-order valence-electron chi connectivity index (χ4n) is 11.5. The molecule has 3 radical (unpaired) electrons. The standard InChI is InChI=1S/C26H36N4.C21H25N3.C12H18N2.C9H7NO.C5H12ClN.C4H6O4.C2H3BO2.ClH.Na/c1-27(2)13-6-14-30-16-12-25-21-24(9-10-26(25)30)22-29-19-17-28(18-20-29)15-11-23-7-4-3-5-8-23;1-2-4-18(5-3-1)9-11-23-12-14-24(15-13-23)17-19-6-7-21-20(16-19)8-10-22-21;1-2-4-12(5-3-1)6-9-14-10-7-13-8-11-14;11-6-7-1-2-9-8(5-7)3-4-10-9;1-7(2)5-3-4-6;1-3(5)7-8-4(2)6;1-2(4)5-3;;/h3-5,7-10,12,16,21H,6,11,13-15,17-20,22H2,1-2H3;1-8,10,16,22H,9,11-15,17H2;1-5,13H,6-11H2;1-6,10H;3-5H2,1-2H3;1-2H3;1H3;1H;/q;;;;;;-1;;+1. The maximum atomic E-state index is 10.4. The monoisotopic (exact) mass is 1430 g/mol. The van der Waals surface area contributed by atoms with Gasteiger partial charge in [-0.25, -0.2) is 19.4 Å². The van der Waals surface area contributed by atoms with Crippen molar-refractivity contribution in [2.24, 2.45) is 0 Å². The van der Waals surface area contributed by atoms with Gasteiger partial charge >= 0.3 is 41.5 Å². The molecular formula is C79H108BCl2N11NaO7. The third kappa shape index (κ3) is 35.9. The Morgan fingerprint density at radius 3 is 1.31 bits per heavy atom. The first-order valence-electron chi connectivity index (χ1n) is 34.7. The van der Waals surface area contributed by atoms with Gasteiger partial charge in [0.2, 0.25) is 5.97 Å². The molecule has 0 spiro atoms. The number of nitrogens with one attached hydrogen (secondary N) is 3. The molecule has 0 atom stereocenters. The summed E-state index contributed by atoms with van der Waals surface area (Å²) in [5, 5.41) is 7.14. The summed E-state index contributed by atoms with van der Waals surface area (Å²) in [5.41, 5.74) is 11.6. The molecule has 3 N–H and O–H groups in total. The molecule has 3 fully saturated rings. The fourth-order valence-corrected chi connectivity index (χ4v) is 11.6. The number of aryl methyl sites for hydroxylation is 1. The van der Waals surface area contributed by atoms with Gasteiger partial charge in [0.05, 0.1) is 0 Å². The van der Waals surface area contributed by atoms with Gasteiger partial charge < -0.3 is 57.1 Å². The van der Waals surface area contributed by atoms with Crippen LogP contribution in [0.2, 0.25) is 0 Å². The molecule has 3 aliphatic heterocycles. The number of rotatable bonds is 21. The second-order valence-corrected chi connectivity index (χ2v) is 25.9. The Balaban J connectivity index is 0.000000271. The molecular weight excluding hydrogens is 1320 g/mol. The molecule has 0 aliphatic carbocycles. The van der Waals surface area contributed by atoms with E-state index in [-0.39, 0.29) is 42.0 Å². The average Bonchev–Trinajstić information content (AvgIpc) is 1.71. The second-order valence-electron chi connectivity index (χ2n) is 25.5. The number of halogens is 2. The maximum absolute atomic E-state index is 10.4. The summed E-state index contributed by atoms with van der Waals surface area (Å²) in [6.45, 7) is 26.6. The zero-order valence-corrected chi connectivity index (χ0v) is 64.7. The van der Waals surface area contributed by atoms with Crippen LogP contribution >= 0.6 is 24.0 Å². The number of aldehydes is 1. The number of piperazine rings is 3. The summed E-state index contributed by atoms with van der Waals surface area (Å²) >= 11 is 5.42. The number of alkyl halides is 1. The normalized spacial score (nSPS) is 14.0. The van der Waals surface area contributed by atoms with Gasteiger partial charge in [0.1, 0.15) is 6.29 Å². The van der Waals surface area contributed by atoms with Crippen LogP contribution in [-0.4, -0.2) is 226 Å². The van der Waals surface area contributed by atoms with E-state index < -0.39 is 17.9 Å². The fraction of sp³-hybridized carbons (Fsp3) is 0.418. The minimum absolute atomic E-state index is 0. The molecule has 0 unspecified atom stereocenters. The Hall–Kier alpha value is -6.66. The first-order chi connectivity index (χ1) is 48.0. The van der Waals surface area contributed by atoms with Crippen molar-refractivity contribution in [1.29, 1.82) is 0 Å². The molecule has 18 nitrogen and oxygen atoms in total. The first-order valence-corrected chi connectivity index (χ1v) is 35.3. The summed E-state index contributed by atoms with van der Waals surface area (Å²) in [7, 11) is 12.7. The van der Waals surface area contributed by atoms with Gasteiger partial charge in [-0.3, -0.25) is 19.4 Å². The van der Waals surface area contributed by atoms with E-state index in [1.807, 2.05) is 44.7 Å². The minimum Gasteiger partial charge on any atom is -0.793 e. The number of nitrogens with zero attached hydrogens (tertiary/aromatic N) is 8. The predicted molar refractivity (Wildman–Crippen MR) is 412 cm³/mol. The third-order valence-corrected chi connectivity index (χ3v) is 17.2. The van der Waals surface area contributed by atoms with E-state index in [2.05, 4.69) is 236 Å². The predicted octanol–water partition coefficient (Wildman–Crippen LogP) is 8.86. The molecule has 0 bridgehead atoms. The average molecular weight is 1430 g/mol. The number of carbonyl (C=O) groups excluding carboxylic acids is 4. The largest absolute Gasteiger partial charge is 1.00 e. The molecule has 6 heterocycles. The summed E-state index contributed by atoms with van der Waals surface area (Å²) in [6.07, 6.45) is 12.7. The van der Waals surface area contributed by atoms with Crippen molar-refractivity contribution in [1.82, 2.24) is 54.2 Å². The molecule has 12 rings (SSSR count). The van der Waals surface area contributed by atoms with Crippen LogP contribution < -0.4 is 34.9 Å². The molecule has 6 aromatic carbocycles. The van der Waals surface area contributed by atoms with Crippen LogP contribution in [0.4, 0.5) is 0 Å². The summed E-state index contributed by atoms with van der Waals surface area (Å²) in [4.78, 5) is 70.8. The van der Waals surface area contributed by atoms with Crippen LogP contribution in [0.1, 0.15) is 71.8 Å². The van der Waals surface area contributed by atoms with E-state index in [4.69, 9.17) is 11.6 Å². The Morgan fingerprint density at radius 2 is 0.891 bits per heavy atom. The zero-order chi connectivity index (χ0) is 70.8. The molecule has 22 heteroatoms. The van der Waals surface area contributed by atoms with E-state index in [1.54, 1.807) is 6.07 Å². The van der Waals surface area contributed by atoms with Crippen molar-refractivity contribution >= 4 is 89.0 Å². The van der Waals surface area contributed by atoms with E-state index in [9.17, 15) is 19.2 Å². The number of aromatic amines is 2. The van der Waals surface area contributed by atoms with Crippen molar-refractivity contribution in [2.75, 3.05) is 145 Å². The molecule has 3 aromatic heterocycles. The van der Waals surface area contributed by atoms with Crippen LogP contribution in [-0.2, 0) is 67.7 Å². The van der Waals surface area contributed by atoms with Gasteiger partial charge in [-0.1, -0.05) is 103 Å². The van der Waals surface area contributed by atoms with Gasteiger partial charge in [-0.15, -0.1) is 24.0 Å². The van der Waals surface area contributed by atoms with Gasteiger partial charge in [0.15, 0.2) is 0 Å². The zero-order valence-electron chi connectivity index (χ0n) is 61.1. The van der Waals surface area contributed by atoms with E-state index in [0.717, 1.165) is 108 Å². The molecule has 3 saturated heterocycles. The van der Waals surface area contributed by atoms with Crippen LogP contribution in [0.15, 0.2) is 182 Å². The van der Waals surface area contributed by atoms with Gasteiger partial charge in [-0.2, -0.15) is 0 Å². The number of hydrogen-bond donors (Lipinski definition) is 3. The summed E-state index contributed by atoms with van der Waals surface area (Å²) in [6, 6.07) is 58.1. The second kappa shape index (κ2) is 50.7. The Kier molecular flexibility index (Phi) is 43.5. The Labute approximate surface area is 635 Å². The van der Waals surface area contributed by atoms with Crippen molar-refractivity contribution < 1.29 is 63.2 Å². The SMILES string of the molecule is CC(=O)OOC(C)=O.CN(C)CCCCl.CN(C)CCCn1ccc2cc(CN3CCN(CCc4ccccc4)CC3)ccc21.Cl.O=Cc1ccc2[nH]ccc2c1.[B-]OC(C)=O.[Na+].c1ccc(CCN2CCN(Cc3ccc4[nH]ccc4c3)CC2)cc1.c1ccc(CCN2CCNCC2)cc1. The Bertz CT molecular complexity index is 3660. The van der Waals surface area contributed by atoms with Crippen molar-refractivity contribution in [3.63, 3.8) is 0 Å². The summed E-state index contributed by atoms with van der Waals surface area (Å²) < 4.78 is 6.01. The number of carbonyl (C=O) groups is 4. The molecule has 0 amide bonds. The number of hydrogen-bond acceptors (Lipinski definition) is 15. The topological polar surface area (TPSA) is 167 Å². The van der Waals surface area contributed by atoms with Gasteiger partial charge in [0, 0.05) is 191 Å². The molecule has 9 aromatic rings. The van der Waals surface area contributed by atoms with Crippen LogP contribution in [0.5, 0.6) is 0 Å². The van der Waals surface area contributed by atoms with Crippen LogP contribution in [0.3, 0.4) is 0 Å². The molecule has 0 saturated carbocycles. The van der Waals surface area contributed by atoms with Crippen LogP contribution in [0.25, 0.3) is 32.7 Å². The van der Waals surface area contributed by atoms with E-state index >= 15 is 0 Å².